The predicted molar refractivity (Wildman–Crippen MR) is 59.8 cm³/mol. The van der Waals surface area contributed by atoms with Crippen LogP contribution < -0.4 is 0 Å². The number of benzene rings is 1. The third kappa shape index (κ3) is 1.54. The van der Waals surface area contributed by atoms with Gasteiger partial charge in [-0.15, -0.1) is 0 Å². The Morgan fingerprint density at radius 3 is 2.73 bits per heavy atom. The highest BCUT2D eigenvalue weighted by Gasteiger charge is 2.36. The Labute approximate surface area is 89.9 Å². The molecule has 2 nitrogen and oxygen atoms in total. The van der Waals surface area contributed by atoms with Crippen molar-refractivity contribution < 1.29 is 4.84 Å². The number of nitrogens with zero attached hydrogens (tertiary/aromatic N) is 1. The monoisotopic (exact) mass is 201 g/mol. The lowest BCUT2D eigenvalue weighted by Crippen LogP contribution is -2.27. The molecule has 1 heterocycles. The van der Waals surface area contributed by atoms with E-state index in [4.69, 9.17) is 4.84 Å². The van der Waals surface area contributed by atoms with Gasteiger partial charge >= 0.3 is 0 Å². The zero-order valence-electron chi connectivity index (χ0n) is 8.73. The summed E-state index contributed by atoms with van der Waals surface area (Å²) in [5.41, 5.74) is 2.40. The molecule has 1 fully saturated rings. The minimum Gasteiger partial charge on any atom is -0.392 e. The lowest BCUT2D eigenvalue weighted by molar-refractivity contribution is 0.0397. The van der Waals surface area contributed by atoms with Crippen molar-refractivity contribution in [3.63, 3.8) is 0 Å². The minimum absolute atomic E-state index is 0.356. The van der Waals surface area contributed by atoms with Gasteiger partial charge in [0, 0.05) is 5.92 Å². The van der Waals surface area contributed by atoms with Crippen LogP contribution in [-0.2, 0) is 4.84 Å². The zero-order valence-corrected chi connectivity index (χ0v) is 8.73. The molecule has 1 aliphatic carbocycles. The molecule has 3 rings (SSSR count). The Morgan fingerprint density at radius 1 is 1.07 bits per heavy atom. The van der Waals surface area contributed by atoms with E-state index in [0.717, 1.165) is 0 Å². The van der Waals surface area contributed by atoms with Crippen LogP contribution in [0.4, 0.5) is 0 Å². The fourth-order valence-corrected chi connectivity index (χ4v) is 2.60. The van der Waals surface area contributed by atoms with Crippen LogP contribution in [0.1, 0.15) is 31.2 Å². The molecular weight excluding hydrogens is 186 g/mol. The molecule has 0 spiro atoms. The van der Waals surface area contributed by atoms with E-state index in [1.807, 2.05) is 6.07 Å². The summed E-state index contributed by atoms with van der Waals surface area (Å²) < 4.78 is 0. The van der Waals surface area contributed by atoms with Crippen molar-refractivity contribution >= 4 is 5.71 Å². The van der Waals surface area contributed by atoms with Gasteiger partial charge < -0.3 is 4.84 Å². The van der Waals surface area contributed by atoms with Gasteiger partial charge in [0.1, 0.15) is 6.10 Å². The van der Waals surface area contributed by atoms with Crippen molar-refractivity contribution in [3.05, 3.63) is 35.9 Å². The molecule has 15 heavy (non-hydrogen) atoms. The average Bonchev–Trinajstić information content (AvgIpc) is 2.74. The maximum absolute atomic E-state index is 5.51. The van der Waals surface area contributed by atoms with Gasteiger partial charge in [0.15, 0.2) is 0 Å². The van der Waals surface area contributed by atoms with Crippen LogP contribution in [-0.4, -0.2) is 11.8 Å². The van der Waals surface area contributed by atoms with Crippen LogP contribution in [0.15, 0.2) is 35.5 Å². The highest BCUT2D eigenvalue weighted by Crippen LogP contribution is 2.34. The van der Waals surface area contributed by atoms with Crippen molar-refractivity contribution in [1.29, 1.82) is 0 Å². The van der Waals surface area contributed by atoms with Crippen LogP contribution in [0.3, 0.4) is 0 Å². The molecule has 1 aliphatic heterocycles. The summed E-state index contributed by atoms with van der Waals surface area (Å²) in [5, 5.41) is 4.27. The molecule has 0 bridgehead atoms. The van der Waals surface area contributed by atoms with Crippen molar-refractivity contribution in [2.45, 2.75) is 31.8 Å². The molecule has 0 aromatic heterocycles. The Morgan fingerprint density at radius 2 is 1.87 bits per heavy atom. The average molecular weight is 201 g/mol. The largest absolute Gasteiger partial charge is 0.392 e. The van der Waals surface area contributed by atoms with Gasteiger partial charge in [-0.2, -0.15) is 0 Å². The Kier molecular flexibility index (Phi) is 2.20. The summed E-state index contributed by atoms with van der Waals surface area (Å²) >= 11 is 0. The summed E-state index contributed by atoms with van der Waals surface area (Å²) in [6.07, 6.45) is 5.37. The lowest BCUT2D eigenvalue weighted by Gasteiger charge is -2.23. The molecule has 2 heteroatoms. The fraction of sp³-hybridized carbons (Fsp3) is 0.462. The van der Waals surface area contributed by atoms with Gasteiger partial charge in [-0.1, -0.05) is 41.9 Å². The van der Waals surface area contributed by atoms with E-state index < -0.39 is 0 Å². The summed E-state index contributed by atoms with van der Waals surface area (Å²) in [6, 6.07) is 10.4. The number of hydrogen-bond donors (Lipinski definition) is 0. The van der Waals surface area contributed by atoms with Gasteiger partial charge in [0.2, 0.25) is 0 Å². The molecule has 2 atom stereocenters. The van der Waals surface area contributed by atoms with Gasteiger partial charge in [-0.25, -0.2) is 0 Å². The maximum atomic E-state index is 5.51. The summed E-state index contributed by atoms with van der Waals surface area (Å²) in [4.78, 5) is 5.51. The first-order valence-electron chi connectivity index (χ1n) is 5.74. The van der Waals surface area contributed by atoms with Crippen molar-refractivity contribution in [1.82, 2.24) is 0 Å². The SMILES string of the molecule is c1ccc(C2=NO[C@H]3CCCC[C@@H]23)cc1. The molecule has 1 saturated carbocycles. The van der Waals surface area contributed by atoms with E-state index in [2.05, 4.69) is 29.4 Å². The normalized spacial score (nSPS) is 29.2. The molecular formula is C13H15NO. The number of hydrogen-bond acceptors (Lipinski definition) is 2. The Balaban J connectivity index is 1.88. The fourth-order valence-electron chi connectivity index (χ4n) is 2.60. The topological polar surface area (TPSA) is 21.6 Å². The van der Waals surface area contributed by atoms with E-state index in [0.29, 0.717) is 12.0 Å². The van der Waals surface area contributed by atoms with Crippen molar-refractivity contribution in [3.8, 4) is 0 Å². The molecule has 0 unspecified atom stereocenters. The van der Waals surface area contributed by atoms with Crippen LogP contribution in [0, 0.1) is 5.92 Å². The number of rotatable bonds is 1. The summed E-state index contributed by atoms with van der Waals surface area (Å²) in [6.45, 7) is 0. The standard InChI is InChI=1S/C13H15NO/c1-2-6-10(7-3-1)13-11-8-4-5-9-12(11)15-14-13/h1-3,6-7,11-12H,4-5,8-9H2/t11-,12+/m1/s1. The molecule has 0 amide bonds. The molecule has 0 N–H and O–H groups in total. The first-order chi connectivity index (χ1) is 7.45. The third-order valence-corrected chi connectivity index (χ3v) is 3.41. The van der Waals surface area contributed by atoms with E-state index in [1.54, 1.807) is 0 Å². The van der Waals surface area contributed by atoms with Crippen LogP contribution in [0.2, 0.25) is 0 Å². The molecule has 2 aliphatic rings. The number of fused-ring (bicyclic) bond motifs is 1. The second-order valence-electron chi connectivity index (χ2n) is 4.38. The van der Waals surface area contributed by atoms with Gasteiger partial charge in [-0.05, 0) is 24.8 Å². The molecule has 78 valence electrons. The maximum Gasteiger partial charge on any atom is 0.136 e. The van der Waals surface area contributed by atoms with E-state index >= 15 is 0 Å². The quantitative estimate of drug-likeness (QED) is 0.684. The second-order valence-corrected chi connectivity index (χ2v) is 4.38. The van der Waals surface area contributed by atoms with Crippen LogP contribution in [0.25, 0.3) is 0 Å². The highest BCUT2D eigenvalue weighted by molar-refractivity contribution is 6.03. The molecule has 1 aromatic rings. The summed E-state index contributed by atoms with van der Waals surface area (Å²) in [5.74, 6) is 0.543. The molecule has 0 saturated heterocycles. The first-order valence-corrected chi connectivity index (χ1v) is 5.74. The number of oxime groups is 1. The smallest absolute Gasteiger partial charge is 0.136 e. The van der Waals surface area contributed by atoms with Crippen molar-refractivity contribution in [2.75, 3.05) is 0 Å². The van der Waals surface area contributed by atoms with Gasteiger partial charge in [0.05, 0.1) is 5.71 Å². The van der Waals surface area contributed by atoms with Crippen molar-refractivity contribution in [2.24, 2.45) is 11.1 Å². The lowest BCUT2D eigenvalue weighted by atomic mass is 9.82. The first kappa shape index (κ1) is 8.96. The van der Waals surface area contributed by atoms with E-state index in [9.17, 15) is 0 Å². The summed E-state index contributed by atoms with van der Waals surface area (Å²) in [7, 11) is 0. The van der Waals surface area contributed by atoms with E-state index in [1.165, 1.54) is 37.0 Å². The van der Waals surface area contributed by atoms with Crippen LogP contribution in [0.5, 0.6) is 0 Å². The predicted octanol–water partition coefficient (Wildman–Crippen LogP) is 2.98. The molecule has 0 radical (unpaired) electrons. The zero-order chi connectivity index (χ0) is 10.1. The third-order valence-electron chi connectivity index (χ3n) is 3.41. The van der Waals surface area contributed by atoms with Crippen LogP contribution >= 0.6 is 0 Å². The Bertz CT molecular complexity index is 371. The Hall–Kier alpha value is -1.31. The second kappa shape index (κ2) is 3.69. The van der Waals surface area contributed by atoms with Gasteiger partial charge in [-0.3, -0.25) is 0 Å². The highest BCUT2D eigenvalue weighted by atomic mass is 16.6. The molecule has 1 aromatic carbocycles. The van der Waals surface area contributed by atoms with Gasteiger partial charge in [0.25, 0.3) is 0 Å². The minimum atomic E-state index is 0.356. The van der Waals surface area contributed by atoms with E-state index in [-0.39, 0.29) is 0 Å².